The van der Waals surface area contributed by atoms with Gasteiger partial charge in [-0.05, 0) is 55.3 Å². The van der Waals surface area contributed by atoms with Gasteiger partial charge in [-0.15, -0.1) is 0 Å². The molecule has 30 heavy (non-hydrogen) atoms. The summed E-state index contributed by atoms with van der Waals surface area (Å²) in [6.45, 7) is 13.9. The Morgan fingerprint density at radius 1 is 1.10 bits per heavy atom. The third-order valence-electron chi connectivity index (χ3n) is 6.01. The monoisotopic (exact) mass is 437 g/mol. The van der Waals surface area contributed by atoms with Crippen LogP contribution in [0.5, 0.6) is 0 Å². The van der Waals surface area contributed by atoms with Gasteiger partial charge in [-0.25, -0.2) is 8.42 Å². The van der Waals surface area contributed by atoms with Crippen LogP contribution in [0.25, 0.3) is 0 Å². The maximum atomic E-state index is 12.7. The molecule has 0 heterocycles. The Hall–Kier alpha value is -1.44. The summed E-state index contributed by atoms with van der Waals surface area (Å²) in [6.07, 6.45) is 3.32. The summed E-state index contributed by atoms with van der Waals surface area (Å²) in [4.78, 5) is 15.0. The van der Waals surface area contributed by atoms with Gasteiger partial charge in [0.2, 0.25) is 15.9 Å². The molecule has 7 heteroatoms. The molecular weight excluding hydrogens is 398 g/mol. The van der Waals surface area contributed by atoms with Crippen LogP contribution in [0.4, 0.5) is 5.69 Å². The molecule has 2 rings (SSSR count). The third-order valence-corrected chi connectivity index (χ3v) is 8.06. The molecule has 0 atom stereocenters. The van der Waals surface area contributed by atoms with E-state index in [0.717, 1.165) is 12.8 Å². The van der Waals surface area contributed by atoms with Crippen LogP contribution in [0.2, 0.25) is 0 Å². The molecule has 0 bridgehead atoms. The minimum atomic E-state index is -3.55. The maximum absolute atomic E-state index is 12.7. The number of sulfonamides is 1. The van der Waals surface area contributed by atoms with Crippen molar-refractivity contribution in [2.24, 2.45) is 10.8 Å². The zero-order valence-electron chi connectivity index (χ0n) is 19.7. The van der Waals surface area contributed by atoms with Crippen molar-refractivity contribution < 1.29 is 13.2 Å². The Morgan fingerprint density at radius 2 is 1.67 bits per heavy atom. The number of carbonyl (C=O) groups excluding carboxylic acids is 1. The van der Waals surface area contributed by atoms with Crippen molar-refractivity contribution in [1.82, 2.24) is 9.21 Å². The Balaban J connectivity index is 2.06. The lowest BCUT2D eigenvalue weighted by Crippen LogP contribution is -2.46. The third kappa shape index (κ3) is 6.28. The lowest BCUT2D eigenvalue weighted by atomic mass is 9.63. The molecule has 1 aliphatic carbocycles. The first kappa shape index (κ1) is 24.8. The van der Waals surface area contributed by atoms with Crippen LogP contribution < -0.4 is 5.32 Å². The highest BCUT2D eigenvalue weighted by Gasteiger charge is 2.40. The van der Waals surface area contributed by atoms with E-state index in [1.807, 2.05) is 20.9 Å². The van der Waals surface area contributed by atoms with Gasteiger partial charge in [0.1, 0.15) is 0 Å². The molecule has 0 aliphatic heterocycles. The lowest BCUT2D eigenvalue weighted by molar-refractivity contribution is -0.118. The van der Waals surface area contributed by atoms with E-state index in [-0.39, 0.29) is 28.2 Å². The fraction of sp³-hybridized carbons (Fsp3) is 0.696. The van der Waals surface area contributed by atoms with Gasteiger partial charge in [-0.1, -0.05) is 47.6 Å². The zero-order chi connectivity index (χ0) is 22.7. The first-order valence-corrected chi connectivity index (χ1v) is 12.3. The highest BCUT2D eigenvalue weighted by molar-refractivity contribution is 7.89. The number of likely N-dealkylation sites (N-methyl/N-ethyl adjacent to an activating group) is 1. The second-order valence-corrected chi connectivity index (χ2v) is 12.1. The Morgan fingerprint density at radius 3 is 2.20 bits per heavy atom. The summed E-state index contributed by atoms with van der Waals surface area (Å²) >= 11 is 0. The molecule has 170 valence electrons. The second-order valence-electron chi connectivity index (χ2n) is 10.1. The Kier molecular flexibility index (Phi) is 7.75. The SMILES string of the molecule is CCN(CC)S(=O)(=O)c1cccc(NC(=O)CN(C)C2CC(C)(C)CC(C)(C)C2)c1. The van der Waals surface area contributed by atoms with Gasteiger partial charge in [0.25, 0.3) is 0 Å². The molecule has 6 nitrogen and oxygen atoms in total. The largest absolute Gasteiger partial charge is 0.325 e. The number of rotatable bonds is 8. The summed E-state index contributed by atoms with van der Waals surface area (Å²) in [5, 5.41) is 2.88. The average molecular weight is 438 g/mol. The number of benzene rings is 1. The standard InChI is InChI=1S/C23H39N3O3S/c1-8-26(9-2)30(28,29)20-12-10-11-18(13-20)24-21(27)16-25(7)19-14-22(3,4)17-23(5,6)15-19/h10-13,19H,8-9,14-17H2,1-7H3,(H,24,27). The zero-order valence-corrected chi connectivity index (χ0v) is 20.5. The van der Waals surface area contributed by atoms with E-state index in [1.54, 1.807) is 24.3 Å². The van der Waals surface area contributed by atoms with Crippen LogP contribution in [0.1, 0.15) is 60.8 Å². The normalized spacial score (nSPS) is 19.2. The number of hydrogen-bond donors (Lipinski definition) is 1. The van der Waals surface area contributed by atoms with E-state index < -0.39 is 10.0 Å². The topological polar surface area (TPSA) is 69.7 Å². The summed E-state index contributed by atoms with van der Waals surface area (Å²) in [6, 6.07) is 6.86. The molecular formula is C23H39N3O3S. The van der Waals surface area contributed by atoms with E-state index >= 15 is 0 Å². The van der Waals surface area contributed by atoms with Gasteiger partial charge < -0.3 is 5.32 Å². The molecule has 1 amide bonds. The summed E-state index contributed by atoms with van der Waals surface area (Å²) in [7, 11) is -1.55. The minimum Gasteiger partial charge on any atom is -0.325 e. The fourth-order valence-corrected chi connectivity index (χ4v) is 6.61. The van der Waals surface area contributed by atoms with Crippen molar-refractivity contribution in [3.63, 3.8) is 0 Å². The second kappa shape index (κ2) is 9.37. The van der Waals surface area contributed by atoms with Gasteiger partial charge in [-0.3, -0.25) is 9.69 Å². The molecule has 1 saturated carbocycles. The number of nitrogens with zero attached hydrogens (tertiary/aromatic N) is 2. The molecule has 0 unspecified atom stereocenters. The summed E-state index contributed by atoms with van der Waals surface area (Å²) < 4.78 is 26.9. The van der Waals surface area contributed by atoms with Crippen molar-refractivity contribution in [3.05, 3.63) is 24.3 Å². The maximum Gasteiger partial charge on any atom is 0.243 e. The Labute approximate surface area is 183 Å². The van der Waals surface area contributed by atoms with Crippen LogP contribution in [0.3, 0.4) is 0 Å². The van der Waals surface area contributed by atoms with Crippen LogP contribution in [-0.2, 0) is 14.8 Å². The van der Waals surface area contributed by atoms with E-state index in [9.17, 15) is 13.2 Å². The Bertz CT molecular complexity index is 829. The number of hydrogen-bond acceptors (Lipinski definition) is 4. The molecule has 1 aromatic carbocycles. The van der Waals surface area contributed by atoms with Crippen LogP contribution in [0.15, 0.2) is 29.2 Å². The highest BCUT2D eigenvalue weighted by atomic mass is 32.2. The van der Waals surface area contributed by atoms with Gasteiger partial charge in [0.05, 0.1) is 11.4 Å². The van der Waals surface area contributed by atoms with Crippen molar-refractivity contribution in [3.8, 4) is 0 Å². The molecule has 0 aromatic heterocycles. The number of carbonyl (C=O) groups is 1. The quantitative estimate of drug-likeness (QED) is 0.662. The molecule has 1 N–H and O–H groups in total. The van der Waals surface area contributed by atoms with Crippen molar-refractivity contribution >= 4 is 21.6 Å². The van der Waals surface area contributed by atoms with E-state index in [0.29, 0.717) is 24.8 Å². The number of nitrogens with one attached hydrogen (secondary N) is 1. The molecule has 0 spiro atoms. The number of amides is 1. The minimum absolute atomic E-state index is 0.129. The average Bonchev–Trinajstić information content (AvgIpc) is 2.60. The van der Waals surface area contributed by atoms with E-state index in [4.69, 9.17) is 0 Å². The summed E-state index contributed by atoms with van der Waals surface area (Å²) in [5.74, 6) is -0.129. The van der Waals surface area contributed by atoms with E-state index in [1.165, 1.54) is 10.7 Å². The van der Waals surface area contributed by atoms with Gasteiger partial charge in [0.15, 0.2) is 0 Å². The smallest absolute Gasteiger partial charge is 0.243 e. The predicted octanol–water partition coefficient (Wildman–Crippen LogP) is 4.19. The van der Waals surface area contributed by atoms with Crippen LogP contribution in [-0.4, -0.2) is 56.3 Å². The number of anilines is 1. The highest BCUT2D eigenvalue weighted by Crippen LogP contribution is 2.46. The van der Waals surface area contributed by atoms with Crippen molar-refractivity contribution in [2.45, 2.75) is 71.7 Å². The van der Waals surface area contributed by atoms with Gasteiger partial charge in [-0.2, -0.15) is 4.31 Å². The van der Waals surface area contributed by atoms with Crippen molar-refractivity contribution in [1.29, 1.82) is 0 Å². The van der Waals surface area contributed by atoms with Gasteiger partial charge >= 0.3 is 0 Å². The predicted molar refractivity (Wildman–Crippen MR) is 123 cm³/mol. The van der Waals surface area contributed by atoms with Crippen molar-refractivity contribution in [2.75, 3.05) is 32.0 Å². The molecule has 0 saturated heterocycles. The fourth-order valence-electron chi connectivity index (χ4n) is 5.10. The van der Waals surface area contributed by atoms with Gasteiger partial charge in [0, 0.05) is 24.8 Å². The molecule has 1 fully saturated rings. The van der Waals surface area contributed by atoms with Crippen LogP contribution in [0, 0.1) is 10.8 Å². The summed E-state index contributed by atoms with van der Waals surface area (Å²) in [5.41, 5.74) is 1.01. The first-order chi connectivity index (χ1) is 13.8. The van der Waals surface area contributed by atoms with E-state index in [2.05, 4.69) is 37.9 Å². The molecule has 0 radical (unpaired) electrons. The lowest BCUT2D eigenvalue weighted by Gasteiger charge is -2.47. The first-order valence-electron chi connectivity index (χ1n) is 10.9. The molecule has 1 aliphatic rings. The molecule has 1 aromatic rings. The van der Waals surface area contributed by atoms with Crippen LogP contribution >= 0.6 is 0 Å².